The molecule has 7 nitrogen and oxygen atoms in total. The van der Waals surface area contributed by atoms with E-state index in [0.717, 1.165) is 59.4 Å². The molecule has 218 valence electrons. The van der Waals surface area contributed by atoms with Crippen LogP contribution in [0.25, 0.3) is 0 Å². The molecule has 1 aliphatic carbocycles. The molecule has 3 aromatic rings. The quantitative estimate of drug-likeness (QED) is 0.295. The molecule has 1 saturated carbocycles. The predicted octanol–water partition coefficient (Wildman–Crippen LogP) is 5.61. The Morgan fingerprint density at radius 1 is 0.927 bits per heavy atom. The lowest BCUT2D eigenvalue weighted by atomic mass is 9.94. The van der Waals surface area contributed by atoms with Crippen molar-refractivity contribution in [2.45, 2.75) is 64.1 Å². The minimum atomic E-state index is -3.81. The second kappa shape index (κ2) is 14.1. The van der Waals surface area contributed by atoms with Gasteiger partial charge in [-0.05, 0) is 49.1 Å². The monoisotopic (exact) mass is 639 g/mol. The summed E-state index contributed by atoms with van der Waals surface area (Å²) in [6.07, 6.45) is 6.53. The first-order valence-electron chi connectivity index (χ1n) is 14.0. The maximum Gasteiger partial charge on any atom is 0.244 e. The maximum absolute atomic E-state index is 14.2. The molecule has 2 amide bonds. The fourth-order valence-corrected chi connectivity index (χ4v) is 6.58. The number of aryl methyl sites for hydroxylation is 1. The van der Waals surface area contributed by atoms with E-state index in [1.54, 1.807) is 29.2 Å². The number of halogens is 1. The zero-order chi connectivity index (χ0) is 29.4. The highest BCUT2D eigenvalue weighted by atomic mass is 79.9. The number of benzene rings is 3. The highest BCUT2D eigenvalue weighted by molar-refractivity contribution is 9.10. The van der Waals surface area contributed by atoms with E-state index in [1.807, 2.05) is 61.5 Å². The largest absolute Gasteiger partial charge is 0.352 e. The van der Waals surface area contributed by atoms with Gasteiger partial charge >= 0.3 is 0 Å². The van der Waals surface area contributed by atoms with E-state index in [-0.39, 0.29) is 18.5 Å². The molecule has 1 atom stereocenters. The van der Waals surface area contributed by atoms with Crippen LogP contribution in [0.3, 0.4) is 0 Å². The zero-order valence-electron chi connectivity index (χ0n) is 23.6. The Balaban J connectivity index is 1.72. The van der Waals surface area contributed by atoms with E-state index in [1.165, 1.54) is 0 Å². The summed E-state index contributed by atoms with van der Waals surface area (Å²) < 4.78 is 27.6. The van der Waals surface area contributed by atoms with Crippen LogP contribution < -0.4 is 9.62 Å². The molecule has 1 N–H and O–H groups in total. The van der Waals surface area contributed by atoms with Crippen LogP contribution in [-0.4, -0.2) is 50.0 Å². The Hall–Kier alpha value is -3.17. The number of rotatable bonds is 11. The first kappa shape index (κ1) is 30.8. The molecule has 1 fully saturated rings. The smallest absolute Gasteiger partial charge is 0.244 e. The lowest BCUT2D eigenvalue weighted by Gasteiger charge is -2.35. The van der Waals surface area contributed by atoms with Crippen molar-refractivity contribution in [3.8, 4) is 0 Å². The molecule has 1 unspecified atom stereocenters. The summed E-state index contributed by atoms with van der Waals surface area (Å²) in [4.78, 5) is 29.7. The van der Waals surface area contributed by atoms with Crippen molar-refractivity contribution in [3.05, 3.63) is 100 Å². The standard InChI is InChI=1S/C32H38BrN3O4S/c1-24-11-9-14-26(19-24)22-35(31(37)23-36(41(2,39)40)29-18-10-15-27(33)21-29)30(20-25-12-5-3-6-13-25)32(38)34-28-16-7-4-8-17-28/h3,5-6,9-15,18-19,21,28,30H,4,7-8,16-17,20,22-23H2,1-2H3,(H,34,38). The lowest BCUT2D eigenvalue weighted by Crippen LogP contribution is -2.55. The Morgan fingerprint density at radius 3 is 2.27 bits per heavy atom. The Bertz CT molecular complexity index is 1440. The molecule has 41 heavy (non-hydrogen) atoms. The average Bonchev–Trinajstić information content (AvgIpc) is 2.94. The molecule has 0 aliphatic heterocycles. The van der Waals surface area contributed by atoms with E-state index >= 15 is 0 Å². The summed E-state index contributed by atoms with van der Waals surface area (Å²) >= 11 is 3.40. The van der Waals surface area contributed by atoms with Gasteiger partial charge in [0.15, 0.2) is 0 Å². The number of hydrogen-bond donors (Lipinski definition) is 1. The van der Waals surface area contributed by atoms with Crippen LogP contribution in [0.2, 0.25) is 0 Å². The third-order valence-electron chi connectivity index (χ3n) is 7.43. The lowest BCUT2D eigenvalue weighted by molar-refractivity contribution is -0.140. The number of anilines is 1. The van der Waals surface area contributed by atoms with Crippen LogP contribution in [-0.2, 0) is 32.6 Å². The van der Waals surface area contributed by atoms with Crippen LogP contribution in [0.5, 0.6) is 0 Å². The third-order valence-corrected chi connectivity index (χ3v) is 9.07. The number of carbonyl (C=O) groups is 2. The van der Waals surface area contributed by atoms with Crippen LogP contribution in [0.15, 0.2) is 83.3 Å². The molecule has 0 aromatic heterocycles. The van der Waals surface area contributed by atoms with Crippen molar-refractivity contribution in [1.82, 2.24) is 10.2 Å². The Kier molecular flexibility index (Phi) is 10.6. The molecule has 3 aromatic carbocycles. The van der Waals surface area contributed by atoms with Crippen molar-refractivity contribution in [2.24, 2.45) is 0 Å². The van der Waals surface area contributed by atoms with Crippen molar-refractivity contribution in [2.75, 3.05) is 17.1 Å². The minimum absolute atomic E-state index is 0.0691. The van der Waals surface area contributed by atoms with Crippen molar-refractivity contribution < 1.29 is 18.0 Å². The molecular weight excluding hydrogens is 602 g/mol. The topological polar surface area (TPSA) is 86.8 Å². The number of sulfonamides is 1. The number of amides is 2. The second-order valence-electron chi connectivity index (χ2n) is 10.8. The first-order valence-corrected chi connectivity index (χ1v) is 16.7. The molecule has 4 rings (SSSR count). The average molecular weight is 641 g/mol. The summed E-state index contributed by atoms with van der Waals surface area (Å²) in [5, 5.41) is 3.22. The summed E-state index contributed by atoms with van der Waals surface area (Å²) in [7, 11) is -3.81. The van der Waals surface area contributed by atoms with Crippen LogP contribution in [0.4, 0.5) is 5.69 Å². The fraction of sp³-hybridized carbons (Fsp3) is 0.375. The first-order chi connectivity index (χ1) is 19.6. The van der Waals surface area contributed by atoms with Gasteiger partial charge in [-0.25, -0.2) is 8.42 Å². The van der Waals surface area contributed by atoms with Crippen molar-refractivity contribution >= 4 is 43.5 Å². The van der Waals surface area contributed by atoms with Gasteiger partial charge in [-0.1, -0.05) is 101 Å². The van der Waals surface area contributed by atoms with Crippen molar-refractivity contribution in [3.63, 3.8) is 0 Å². The van der Waals surface area contributed by atoms with E-state index in [9.17, 15) is 18.0 Å². The molecule has 9 heteroatoms. The highest BCUT2D eigenvalue weighted by Gasteiger charge is 2.34. The zero-order valence-corrected chi connectivity index (χ0v) is 26.0. The molecule has 1 aliphatic rings. The molecule has 0 saturated heterocycles. The van der Waals surface area contributed by atoms with E-state index in [4.69, 9.17) is 0 Å². The highest BCUT2D eigenvalue weighted by Crippen LogP contribution is 2.24. The summed E-state index contributed by atoms with van der Waals surface area (Å²) in [6, 6.07) is 23.5. The third kappa shape index (κ3) is 8.91. The summed E-state index contributed by atoms with van der Waals surface area (Å²) in [5.74, 6) is -0.660. The number of carbonyl (C=O) groups excluding carboxylic acids is 2. The Labute approximate surface area is 252 Å². The molecule has 0 heterocycles. The van der Waals surface area contributed by atoms with Gasteiger partial charge in [0.1, 0.15) is 12.6 Å². The van der Waals surface area contributed by atoms with Gasteiger partial charge in [-0.3, -0.25) is 13.9 Å². The van der Waals surface area contributed by atoms with Gasteiger partial charge in [0.05, 0.1) is 11.9 Å². The van der Waals surface area contributed by atoms with E-state index in [2.05, 4.69) is 21.2 Å². The van der Waals surface area contributed by atoms with Crippen LogP contribution in [0.1, 0.15) is 48.8 Å². The van der Waals surface area contributed by atoms with Gasteiger partial charge in [0.2, 0.25) is 21.8 Å². The predicted molar refractivity (Wildman–Crippen MR) is 167 cm³/mol. The number of nitrogens with zero attached hydrogens (tertiary/aromatic N) is 2. The fourth-order valence-electron chi connectivity index (χ4n) is 5.35. The number of nitrogens with one attached hydrogen (secondary N) is 1. The second-order valence-corrected chi connectivity index (χ2v) is 13.6. The van der Waals surface area contributed by atoms with E-state index in [0.29, 0.717) is 16.6 Å². The number of hydrogen-bond acceptors (Lipinski definition) is 4. The molecule has 0 bridgehead atoms. The van der Waals surface area contributed by atoms with E-state index < -0.39 is 28.5 Å². The Morgan fingerprint density at radius 2 is 1.61 bits per heavy atom. The SMILES string of the molecule is Cc1cccc(CN(C(=O)CN(c2cccc(Br)c2)S(C)(=O)=O)C(Cc2ccccc2)C(=O)NC2CCCCC2)c1. The minimum Gasteiger partial charge on any atom is -0.352 e. The van der Waals surface area contributed by atoms with Crippen LogP contribution in [0, 0.1) is 6.92 Å². The van der Waals surface area contributed by atoms with Gasteiger partial charge in [0.25, 0.3) is 0 Å². The summed E-state index contributed by atoms with van der Waals surface area (Å²) in [5.41, 5.74) is 3.20. The normalized spacial score (nSPS) is 14.7. The van der Waals surface area contributed by atoms with Gasteiger partial charge in [-0.2, -0.15) is 0 Å². The maximum atomic E-state index is 14.2. The van der Waals surface area contributed by atoms with Gasteiger partial charge in [-0.15, -0.1) is 0 Å². The molecule has 0 radical (unpaired) electrons. The van der Waals surface area contributed by atoms with Crippen molar-refractivity contribution in [1.29, 1.82) is 0 Å². The molecular formula is C32H38BrN3O4S. The van der Waals surface area contributed by atoms with Crippen LogP contribution >= 0.6 is 15.9 Å². The molecule has 0 spiro atoms. The van der Waals surface area contributed by atoms with Gasteiger partial charge < -0.3 is 10.2 Å². The van der Waals surface area contributed by atoms with Gasteiger partial charge in [0, 0.05) is 23.5 Å². The summed E-state index contributed by atoms with van der Waals surface area (Å²) in [6.45, 7) is 1.72.